The molecule has 2 atom stereocenters. The van der Waals surface area contributed by atoms with Crippen molar-refractivity contribution in [2.45, 2.75) is 45.3 Å². The van der Waals surface area contributed by atoms with Crippen LogP contribution in [0.1, 0.15) is 50.3 Å². The Kier molecular flexibility index (Phi) is 4.84. The number of carbonyl (C=O) groups is 1. The zero-order chi connectivity index (χ0) is 18.2. The molecule has 2 fully saturated rings. The number of nitrogens with zero attached hydrogens (tertiary/aromatic N) is 1. The van der Waals surface area contributed by atoms with Gasteiger partial charge < -0.3 is 10.2 Å². The lowest BCUT2D eigenvalue weighted by molar-refractivity contribution is -0.137. The van der Waals surface area contributed by atoms with E-state index in [9.17, 15) is 18.0 Å². The molecule has 6 heteroatoms. The standard InChI is InChI=1S/C19H25F3N2O/c1-3-24(17(25)16-12-18(16)7-9-23-10-8-18)13(2)14-5-4-6-15(11-14)19(20,21)22/h4-6,11,13,16,23H,3,7-10,12H2,1-2H3. The molecule has 0 aromatic heterocycles. The van der Waals surface area contributed by atoms with Crippen LogP contribution in [0.5, 0.6) is 0 Å². The minimum atomic E-state index is -4.37. The van der Waals surface area contributed by atoms with Gasteiger partial charge in [0.15, 0.2) is 0 Å². The van der Waals surface area contributed by atoms with Gasteiger partial charge in [-0.25, -0.2) is 0 Å². The molecule has 1 aliphatic carbocycles. The van der Waals surface area contributed by atoms with Crippen molar-refractivity contribution in [3.63, 3.8) is 0 Å². The first-order valence-corrected chi connectivity index (χ1v) is 8.97. The molecule has 1 N–H and O–H groups in total. The fourth-order valence-corrected chi connectivity index (χ4v) is 4.15. The molecule has 2 unspecified atom stereocenters. The van der Waals surface area contributed by atoms with Crippen molar-refractivity contribution in [2.75, 3.05) is 19.6 Å². The maximum absolute atomic E-state index is 13.0. The first-order chi connectivity index (χ1) is 11.8. The van der Waals surface area contributed by atoms with E-state index in [0.717, 1.165) is 44.5 Å². The highest BCUT2D eigenvalue weighted by molar-refractivity contribution is 5.83. The number of carbonyl (C=O) groups excluding carboxylic acids is 1. The zero-order valence-corrected chi connectivity index (χ0v) is 14.7. The van der Waals surface area contributed by atoms with Crippen molar-refractivity contribution in [1.82, 2.24) is 10.2 Å². The predicted octanol–water partition coefficient (Wildman–Crippen LogP) is 4.00. The minimum absolute atomic E-state index is 0.0304. The summed E-state index contributed by atoms with van der Waals surface area (Å²) in [4.78, 5) is 14.7. The van der Waals surface area contributed by atoms with Crippen LogP contribution in [0.4, 0.5) is 13.2 Å². The molecule has 3 rings (SSSR count). The fraction of sp³-hybridized carbons (Fsp3) is 0.632. The molecule has 1 spiro atoms. The average Bonchev–Trinajstić information content (AvgIpc) is 3.28. The van der Waals surface area contributed by atoms with Gasteiger partial charge in [-0.3, -0.25) is 4.79 Å². The van der Waals surface area contributed by atoms with Crippen molar-refractivity contribution in [2.24, 2.45) is 11.3 Å². The Labute approximate surface area is 146 Å². The van der Waals surface area contributed by atoms with Gasteiger partial charge in [0.2, 0.25) is 5.91 Å². The molecule has 138 valence electrons. The number of alkyl halides is 3. The van der Waals surface area contributed by atoms with E-state index in [1.165, 1.54) is 6.07 Å². The second-order valence-corrected chi connectivity index (χ2v) is 7.29. The Morgan fingerprint density at radius 3 is 2.64 bits per heavy atom. The van der Waals surface area contributed by atoms with Gasteiger partial charge in [0, 0.05) is 12.5 Å². The minimum Gasteiger partial charge on any atom is -0.336 e. The summed E-state index contributed by atoms with van der Waals surface area (Å²) in [7, 11) is 0. The summed E-state index contributed by atoms with van der Waals surface area (Å²) in [5.41, 5.74) is -0.00448. The fourth-order valence-electron chi connectivity index (χ4n) is 4.15. The van der Waals surface area contributed by atoms with Crippen molar-refractivity contribution in [3.05, 3.63) is 35.4 Å². The lowest BCUT2D eigenvalue weighted by atomic mass is 9.91. The number of rotatable bonds is 4. The lowest BCUT2D eigenvalue weighted by Gasteiger charge is -2.31. The number of amides is 1. The number of nitrogens with one attached hydrogen (secondary N) is 1. The van der Waals surface area contributed by atoms with Crippen molar-refractivity contribution in [1.29, 1.82) is 0 Å². The molecule has 1 aliphatic heterocycles. The lowest BCUT2D eigenvalue weighted by Crippen LogP contribution is -2.38. The van der Waals surface area contributed by atoms with E-state index in [1.54, 1.807) is 11.0 Å². The highest BCUT2D eigenvalue weighted by Gasteiger charge is 2.58. The van der Waals surface area contributed by atoms with Crippen LogP contribution in [-0.2, 0) is 11.0 Å². The molecule has 1 saturated heterocycles. The molecular formula is C19H25F3N2O. The average molecular weight is 354 g/mol. The summed E-state index contributed by atoms with van der Waals surface area (Å²) in [6, 6.07) is 4.95. The normalized spacial score (nSPS) is 23.3. The smallest absolute Gasteiger partial charge is 0.336 e. The maximum atomic E-state index is 13.0. The third-order valence-electron chi connectivity index (χ3n) is 5.87. The summed E-state index contributed by atoms with van der Waals surface area (Å²) in [5.74, 6) is 0.122. The Hall–Kier alpha value is -1.56. The molecule has 2 aliphatic rings. The van der Waals surface area contributed by atoms with Gasteiger partial charge in [0.05, 0.1) is 11.6 Å². The summed E-state index contributed by atoms with van der Waals surface area (Å²) < 4.78 is 38.9. The highest BCUT2D eigenvalue weighted by Crippen LogP contribution is 2.59. The van der Waals surface area contributed by atoms with Crippen molar-refractivity contribution >= 4 is 5.91 Å². The molecule has 3 nitrogen and oxygen atoms in total. The molecule has 1 heterocycles. The van der Waals surface area contributed by atoms with Crippen LogP contribution in [0.3, 0.4) is 0 Å². The summed E-state index contributed by atoms with van der Waals surface area (Å²) in [6.07, 6.45) is -1.43. The molecule has 1 aromatic rings. The van der Waals surface area contributed by atoms with Crippen LogP contribution in [0.2, 0.25) is 0 Å². The molecule has 25 heavy (non-hydrogen) atoms. The Balaban J connectivity index is 1.76. The molecule has 0 radical (unpaired) electrons. The molecule has 1 saturated carbocycles. The van der Waals surface area contributed by atoms with E-state index in [0.29, 0.717) is 12.1 Å². The van der Waals surface area contributed by atoms with Gasteiger partial charge in [0.25, 0.3) is 0 Å². The van der Waals surface area contributed by atoms with E-state index in [-0.39, 0.29) is 23.3 Å². The predicted molar refractivity (Wildman–Crippen MR) is 89.9 cm³/mol. The number of benzene rings is 1. The number of hydrogen-bond donors (Lipinski definition) is 1. The molecular weight excluding hydrogens is 329 g/mol. The van der Waals surface area contributed by atoms with Gasteiger partial charge >= 0.3 is 6.18 Å². The molecule has 1 amide bonds. The van der Waals surface area contributed by atoms with E-state index in [4.69, 9.17) is 0 Å². The number of halogens is 3. The Morgan fingerprint density at radius 2 is 2.04 bits per heavy atom. The zero-order valence-electron chi connectivity index (χ0n) is 14.7. The maximum Gasteiger partial charge on any atom is 0.416 e. The first-order valence-electron chi connectivity index (χ1n) is 8.97. The monoisotopic (exact) mass is 354 g/mol. The van der Waals surface area contributed by atoms with E-state index in [2.05, 4.69) is 5.32 Å². The second-order valence-electron chi connectivity index (χ2n) is 7.29. The quantitative estimate of drug-likeness (QED) is 0.886. The van der Waals surface area contributed by atoms with Gasteiger partial charge in [-0.1, -0.05) is 12.1 Å². The topological polar surface area (TPSA) is 32.3 Å². The number of hydrogen-bond acceptors (Lipinski definition) is 2. The van der Waals surface area contributed by atoms with E-state index >= 15 is 0 Å². The van der Waals surface area contributed by atoms with Crippen molar-refractivity contribution < 1.29 is 18.0 Å². The number of piperidine rings is 1. The third kappa shape index (κ3) is 3.54. The van der Waals surface area contributed by atoms with Crippen LogP contribution < -0.4 is 5.32 Å². The first kappa shape index (κ1) is 18.2. The van der Waals surface area contributed by atoms with Crippen LogP contribution in [0.25, 0.3) is 0 Å². The van der Waals surface area contributed by atoms with Gasteiger partial charge in [-0.2, -0.15) is 13.2 Å². The largest absolute Gasteiger partial charge is 0.416 e. The highest BCUT2D eigenvalue weighted by atomic mass is 19.4. The van der Waals surface area contributed by atoms with Crippen LogP contribution in [-0.4, -0.2) is 30.4 Å². The van der Waals surface area contributed by atoms with Crippen molar-refractivity contribution in [3.8, 4) is 0 Å². The van der Waals surface area contributed by atoms with Crippen LogP contribution in [0.15, 0.2) is 24.3 Å². The SMILES string of the molecule is CCN(C(=O)C1CC12CCNCC2)C(C)c1cccc(C(F)(F)F)c1. The summed E-state index contributed by atoms with van der Waals surface area (Å²) in [6.45, 7) is 6.09. The third-order valence-corrected chi connectivity index (χ3v) is 5.87. The Morgan fingerprint density at radius 1 is 1.36 bits per heavy atom. The molecule has 1 aromatic carbocycles. The van der Waals surface area contributed by atoms with Crippen LogP contribution >= 0.6 is 0 Å². The summed E-state index contributed by atoms with van der Waals surface area (Å²) >= 11 is 0. The second kappa shape index (κ2) is 6.63. The summed E-state index contributed by atoms with van der Waals surface area (Å²) in [5, 5.41) is 3.32. The Bertz CT molecular complexity index is 638. The molecule has 0 bridgehead atoms. The van der Waals surface area contributed by atoms with Gasteiger partial charge in [-0.15, -0.1) is 0 Å². The van der Waals surface area contributed by atoms with Gasteiger partial charge in [-0.05, 0) is 69.3 Å². The van der Waals surface area contributed by atoms with Gasteiger partial charge in [0.1, 0.15) is 0 Å². The van der Waals surface area contributed by atoms with E-state index < -0.39 is 11.7 Å². The van der Waals surface area contributed by atoms with E-state index in [1.807, 2.05) is 13.8 Å². The van der Waals surface area contributed by atoms with Crippen LogP contribution in [0, 0.1) is 11.3 Å².